The van der Waals surface area contributed by atoms with Crippen LogP contribution in [-0.2, 0) is 9.53 Å². The van der Waals surface area contributed by atoms with E-state index in [9.17, 15) is 4.79 Å². The van der Waals surface area contributed by atoms with Crippen molar-refractivity contribution in [3.63, 3.8) is 0 Å². The maximum Gasteiger partial charge on any atom is 0.344 e. The number of fused-ring (bicyclic) bond motifs is 2. The maximum atomic E-state index is 11.7. The summed E-state index contributed by atoms with van der Waals surface area (Å²) in [6.07, 6.45) is 0. The first-order valence-electron chi connectivity index (χ1n) is 8.42. The molecule has 0 radical (unpaired) electrons. The van der Waals surface area contributed by atoms with Gasteiger partial charge in [-0.05, 0) is 35.9 Å². The van der Waals surface area contributed by atoms with Gasteiger partial charge in [0.2, 0.25) is 0 Å². The quantitative estimate of drug-likeness (QED) is 0.465. The van der Waals surface area contributed by atoms with E-state index in [4.69, 9.17) is 14.5 Å². The van der Waals surface area contributed by atoms with Crippen LogP contribution in [0.3, 0.4) is 0 Å². The van der Waals surface area contributed by atoms with Crippen LogP contribution in [0.15, 0.2) is 60.7 Å². The summed E-state index contributed by atoms with van der Waals surface area (Å²) in [5.41, 5.74) is 1.87. The molecule has 4 nitrogen and oxygen atoms in total. The Bertz CT molecular complexity index is 1050. The standard InChI is InChI=1S/C21H17NO3S/c1-2-24-19(23)13-25-17-12-11-14-7-3-4-8-15(14)20(17)21-22-16-9-5-6-10-18(16)26-21/h3-12H,2,13H2,1H3. The molecule has 26 heavy (non-hydrogen) atoms. The van der Waals surface area contributed by atoms with Gasteiger partial charge in [0.1, 0.15) is 10.8 Å². The van der Waals surface area contributed by atoms with Gasteiger partial charge in [-0.3, -0.25) is 0 Å². The maximum absolute atomic E-state index is 11.7. The van der Waals surface area contributed by atoms with E-state index < -0.39 is 0 Å². The van der Waals surface area contributed by atoms with E-state index in [1.165, 1.54) is 0 Å². The van der Waals surface area contributed by atoms with Crippen molar-refractivity contribution in [1.82, 2.24) is 4.98 Å². The molecular weight excluding hydrogens is 346 g/mol. The number of nitrogens with zero attached hydrogens (tertiary/aromatic N) is 1. The molecule has 0 aliphatic rings. The lowest BCUT2D eigenvalue weighted by molar-refractivity contribution is -0.145. The molecule has 5 heteroatoms. The lowest BCUT2D eigenvalue weighted by atomic mass is 10.0. The normalized spacial score (nSPS) is 11.0. The summed E-state index contributed by atoms with van der Waals surface area (Å²) in [6, 6.07) is 20.0. The topological polar surface area (TPSA) is 48.4 Å². The highest BCUT2D eigenvalue weighted by molar-refractivity contribution is 7.21. The van der Waals surface area contributed by atoms with Crippen LogP contribution < -0.4 is 4.74 Å². The van der Waals surface area contributed by atoms with E-state index in [-0.39, 0.29) is 12.6 Å². The third kappa shape index (κ3) is 3.13. The number of carbonyl (C=O) groups excluding carboxylic acids is 1. The second-order valence-corrected chi connectivity index (χ2v) is 6.77. The third-order valence-corrected chi connectivity index (χ3v) is 5.10. The minimum atomic E-state index is -0.379. The largest absolute Gasteiger partial charge is 0.481 e. The van der Waals surface area contributed by atoms with Crippen molar-refractivity contribution in [1.29, 1.82) is 0 Å². The molecule has 130 valence electrons. The molecule has 0 N–H and O–H groups in total. The Morgan fingerprint density at radius 2 is 1.85 bits per heavy atom. The fourth-order valence-corrected chi connectivity index (χ4v) is 3.94. The van der Waals surface area contributed by atoms with Crippen molar-refractivity contribution in [2.24, 2.45) is 0 Å². The van der Waals surface area contributed by atoms with Crippen LogP contribution in [0.25, 0.3) is 31.6 Å². The number of benzene rings is 3. The van der Waals surface area contributed by atoms with Gasteiger partial charge in [0, 0.05) is 0 Å². The molecule has 4 rings (SSSR count). The summed E-state index contributed by atoms with van der Waals surface area (Å²) in [6.45, 7) is 2.00. The van der Waals surface area contributed by atoms with Crippen LogP contribution in [0.1, 0.15) is 6.92 Å². The van der Waals surface area contributed by atoms with Crippen LogP contribution in [0.2, 0.25) is 0 Å². The van der Waals surface area contributed by atoms with Crippen LogP contribution >= 0.6 is 11.3 Å². The van der Waals surface area contributed by atoms with Crippen molar-refractivity contribution in [3.8, 4) is 16.3 Å². The van der Waals surface area contributed by atoms with Crippen molar-refractivity contribution in [2.75, 3.05) is 13.2 Å². The van der Waals surface area contributed by atoms with Gasteiger partial charge in [0.05, 0.1) is 22.4 Å². The fraction of sp³-hybridized carbons (Fsp3) is 0.143. The van der Waals surface area contributed by atoms with Crippen LogP contribution in [0.5, 0.6) is 5.75 Å². The molecule has 0 amide bonds. The Labute approximate surface area is 155 Å². The molecule has 0 atom stereocenters. The van der Waals surface area contributed by atoms with Crippen molar-refractivity contribution >= 4 is 38.3 Å². The van der Waals surface area contributed by atoms with E-state index in [1.807, 2.05) is 48.5 Å². The van der Waals surface area contributed by atoms with E-state index in [1.54, 1.807) is 18.3 Å². The first kappa shape index (κ1) is 16.5. The zero-order chi connectivity index (χ0) is 17.9. The first-order chi connectivity index (χ1) is 12.8. The Morgan fingerprint density at radius 3 is 2.69 bits per heavy atom. The predicted molar refractivity (Wildman–Crippen MR) is 105 cm³/mol. The van der Waals surface area contributed by atoms with Crippen molar-refractivity contribution in [2.45, 2.75) is 6.92 Å². The molecule has 0 fully saturated rings. The zero-order valence-corrected chi connectivity index (χ0v) is 15.1. The van der Waals surface area contributed by atoms with Crippen LogP contribution in [-0.4, -0.2) is 24.2 Å². The van der Waals surface area contributed by atoms with Gasteiger partial charge in [0.25, 0.3) is 0 Å². The van der Waals surface area contributed by atoms with Gasteiger partial charge in [-0.1, -0.05) is 42.5 Å². The molecule has 4 aromatic rings. The number of esters is 1. The van der Waals surface area contributed by atoms with E-state index in [2.05, 4.69) is 12.1 Å². The molecule has 0 saturated carbocycles. The Hall–Kier alpha value is -2.92. The smallest absolute Gasteiger partial charge is 0.344 e. The number of ether oxygens (including phenoxy) is 2. The summed E-state index contributed by atoms with van der Waals surface area (Å²) in [4.78, 5) is 16.5. The minimum absolute atomic E-state index is 0.121. The zero-order valence-electron chi connectivity index (χ0n) is 14.3. The number of hydrogen-bond acceptors (Lipinski definition) is 5. The van der Waals surface area contributed by atoms with Gasteiger partial charge in [-0.2, -0.15) is 0 Å². The van der Waals surface area contributed by atoms with Gasteiger partial charge in [-0.15, -0.1) is 11.3 Å². The SMILES string of the molecule is CCOC(=O)COc1ccc2ccccc2c1-c1nc2ccccc2s1. The number of carbonyl (C=O) groups is 1. The van der Waals surface area contributed by atoms with E-state index in [0.29, 0.717) is 12.4 Å². The lowest BCUT2D eigenvalue weighted by Gasteiger charge is -2.12. The Morgan fingerprint density at radius 1 is 1.04 bits per heavy atom. The van der Waals surface area contributed by atoms with Crippen LogP contribution in [0.4, 0.5) is 0 Å². The Balaban J connectivity index is 1.84. The molecule has 1 heterocycles. The van der Waals surface area contributed by atoms with Crippen molar-refractivity contribution < 1.29 is 14.3 Å². The fourth-order valence-electron chi connectivity index (χ4n) is 2.91. The summed E-state index contributed by atoms with van der Waals surface area (Å²) in [5.74, 6) is 0.256. The second kappa shape index (κ2) is 7.14. The van der Waals surface area contributed by atoms with E-state index >= 15 is 0 Å². The summed E-state index contributed by atoms with van der Waals surface area (Å²) in [7, 11) is 0. The number of thiazole rings is 1. The lowest BCUT2D eigenvalue weighted by Crippen LogP contribution is -2.14. The number of aromatic nitrogens is 1. The van der Waals surface area contributed by atoms with Crippen molar-refractivity contribution in [3.05, 3.63) is 60.7 Å². The molecule has 0 spiro atoms. The minimum Gasteiger partial charge on any atom is -0.481 e. The molecule has 0 aliphatic carbocycles. The number of para-hydroxylation sites is 1. The van der Waals surface area contributed by atoms with E-state index in [0.717, 1.165) is 31.6 Å². The van der Waals surface area contributed by atoms with Gasteiger partial charge < -0.3 is 9.47 Å². The first-order valence-corrected chi connectivity index (χ1v) is 9.24. The second-order valence-electron chi connectivity index (χ2n) is 5.74. The number of rotatable bonds is 5. The third-order valence-electron chi connectivity index (χ3n) is 4.05. The number of hydrogen-bond donors (Lipinski definition) is 0. The van der Waals surface area contributed by atoms with Gasteiger partial charge >= 0.3 is 5.97 Å². The average Bonchev–Trinajstić information content (AvgIpc) is 3.09. The molecule has 0 unspecified atom stereocenters. The van der Waals surface area contributed by atoms with Crippen LogP contribution in [0, 0.1) is 0 Å². The van der Waals surface area contributed by atoms with Gasteiger partial charge in [-0.25, -0.2) is 9.78 Å². The highest BCUT2D eigenvalue weighted by Gasteiger charge is 2.16. The molecule has 3 aromatic carbocycles. The summed E-state index contributed by atoms with van der Waals surface area (Å²) >= 11 is 1.62. The molecule has 0 bridgehead atoms. The molecule has 1 aromatic heterocycles. The monoisotopic (exact) mass is 363 g/mol. The summed E-state index contributed by atoms with van der Waals surface area (Å²) in [5, 5.41) is 3.03. The Kier molecular flexibility index (Phi) is 4.54. The predicted octanol–water partition coefficient (Wildman–Crippen LogP) is 5.06. The summed E-state index contributed by atoms with van der Waals surface area (Å²) < 4.78 is 11.9. The average molecular weight is 363 g/mol. The highest BCUT2D eigenvalue weighted by atomic mass is 32.1. The highest BCUT2D eigenvalue weighted by Crippen LogP contribution is 2.40. The van der Waals surface area contributed by atoms with Gasteiger partial charge in [0.15, 0.2) is 6.61 Å². The molecule has 0 aliphatic heterocycles. The molecule has 0 saturated heterocycles. The molecular formula is C21H17NO3S.